The molecule has 0 radical (unpaired) electrons. The Bertz CT molecular complexity index is 616. The summed E-state index contributed by atoms with van der Waals surface area (Å²) < 4.78 is 15.5. The molecule has 0 aromatic heterocycles. The maximum atomic E-state index is 12.6. The number of esters is 1. The molecule has 1 aliphatic heterocycles. The molecule has 1 aromatic rings. The van der Waals surface area contributed by atoms with E-state index in [1.807, 2.05) is 19.9 Å². The quantitative estimate of drug-likeness (QED) is 0.626. The zero-order valence-electron chi connectivity index (χ0n) is 16.3. The molecule has 1 heterocycles. The average molecular weight is 379 g/mol. The number of carbonyl (C=O) groups is 3. The molecule has 1 N–H and O–H groups in total. The van der Waals surface area contributed by atoms with Gasteiger partial charge in [0.2, 0.25) is 0 Å². The minimum Gasteiger partial charge on any atom is -0.463 e. The fourth-order valence-corrected chi connectivity index (χ4v) is 2.57. The van der Waals surface area contributed by atoms with Crippen LogP contribution in [0.15, 0.2) is 24.3 Å². The van der Waals surface area contributed by atoms with Gasteiger partial charge in [-0.3, -0.25) is 9.59 Å². The number of Topliss-reactive ketones (excluding diaryl/α,β-unsaturated/α-hetero) is 1. The summed E-state index contributed by atoms with van der Waals surface area (Å²) in [5.74, 6) is -2.12. The van der Waals surface area contributed by atoms with Crippen molar-refractivity contribution < 1.29 is 28.6 Å². The van der Waals surface area contributed by atoms with Crippen LogP contribution in [0.1, 0.15) is 49.0 Å². The smallest absolute Gasteiger partial charge is 0.376 e. The number of benzene rings is 1. The SMILES string of the molecule is CC.COC(=O)C(=O)C1CCCCOCCOCc2ccccc2C(=O)N1. The van der Waals surface area contributed by atoms with Crippen molar-refractivity contribution in [2.45, 2.75) is 45.8 Å². The maximum absolute atomic E-state index is 12.6. The van der Waals surface area contributed by atoms with E-state index in [1.54, 1.807) is 18.2 Å². The van der Waals surface area contributed by atoms with Gasteiger partial charge in [0.25, 0.3) is 11.7 Å². The highest BCUT2D eigenvalue weighted by molar-refractivity contribution is 6.36. The van der Waals surface area contributed by atoms with Gasteiger partial charge in [-0.15, -0.1) is 0 Å². The summed E-state index contributed by atoms with van der Waals surface area (Å²) in [5.41, 5.74) is 1.13. The van der Waals surface area contributed by atoms with Crippen LogP contribution in [0.2, 0.25) is 0 Å². The van der Waals surface area contributed by atoms with Crippen molar-refractivity contribution in [1.29, 1.82) is 0 Å². The summed E-state index contributed by atoms with van der Waals surface area (Å²) in [4.78, 5) is 36.4. The van der Waals surface area contributed by atoms with Crippen molar-refractivity contribution in [2.75, 3.05) is 26.9 Å². The third kappa shape index (κ3) is 7.48. The molecule has 1 aliphatic rings. The van der Waals surface area contributed by atoms with Crippen LogP contribution < -0.4 is 5.32 Å². The second-order valence-corrected chi connectivity index (χ2v) is 5.70. The molecule has 0 saturated carbocycles. The molecule has 1 aromatic carbocycles. The van der Waals surface area contributed by atoms with Gasteiger partial charge in [-0.05, 0) is 30.9 Å². The number of fused-ring (bicyclic) bond motifs is 1. The third-order valence-electron chi connectivity index (χ3n) is 3.93. The standard InChI is InChI=1S/C18H23NO6.C2H6/c1-23-18(22)16(20)15-8-4-5-9-24-10-11-25-12-13-6-2-3-7-14(13)17(21)19-15;1-2/h2-3,6-7,15H,4-5,8-12H2,1H3,(H,19,21);1-2H3. The predicted molar refractivity (Wildman–Crippen MR) is 100 cm³/mol. The highest BCUT2D eigenvalue weighted by Gasteiger charge is 2.28. The van der Waals surface area contributed by atoms with Gasteiger partial charge >= 0.3 is 5.97 Å². The largest absolute Gasteiger partial charge is 0.463 e. The summed E-state index contributed by atoms with van der Waals surface area (Å²) in [5, 5.41) is 2.66. The third-order valence-corrected chi connectivity index (χ3v) is 3.93. The van der Waals surface area contributed by atoms with Crippen molar-refractivity contribution in [3.63, 3.8) is 0 Å². The molecule has 7 nitrogen and oxygen atoms in total. The van der Waals surface area contributed by atoms with E-state index in [0.717, 1.165) is 13.5 Å². The van der Waals surface area contributed by atoms with Gasteiger partial charge in [0.15, 0.2) is 0 Å². The second-order valence-electron chi connectivity index (χ2n) is 5.70. The molecule has 0 aliphatic carbocycles. The van der Waals surface area contributed by atoms with E-state index in [0.29, 0.717) is 43.8 Å². The minimum atomic E-state index is -0.959. The van der Waals surface area contributed by atoms with Crippen LogP contribution in [-0.2, 0) is 30.4 Å². The first-order valence-electron chi connectivity index (χ1n) is 9.30. The number of methoxy groups -OCH3 is 1. The Balaban J connectivity index is 0.00000176. The van der Waals surface area contributed by atoms with E-state index in [1.165, 1.54) is 0 Å². The van der Waals surface area contributed by atoms with E-state index in [9.17, 15) is 14.4 Å². The lowest BCUT2D eigenvalue weighted by molar-refractivity contribution is -0.152. The molecule has 1 unspecified atom stereocenters. The highest BCUT2D eigenvalue weighted by Crippen LogP contribution is 2.13. The van der Waals surface area contributed by atoms with Crippen molar-refractivity contribution in [2.24, 2.45) is 0 Å². The van der Waals surface area contributed by atoms with Gasteiger partial charge in [0.05, 0.1) is 33.0 Å². The summed E-state index contributed by atoms with van der Waals surface area (Å²) in [7, 11) is 1.14. The number of hydrogen-bond acceptors (Lipinski definition) is 6. The number of nitrogens with one attached hydrogen (secondary N) is 1. The van der Waals surface area contributed by atoms with Crippen LogP contribution in [0.25, 0.3) is 0 Å². The summed E-state index contributed by atoms with van der Waals surface area (Å²) >= 11 is 0. The number of carbonyl (C=O) groups excluding carboxylic acids is 3. The van der Waals surface area contributed by atoms with Crippen molar-refractivity contribution in [3.8, 4) is 0 Å². The molecule has 0 spiro atoms. The molecule has 1 atom stereocenters. The van der Waals surface area contributed by atoms with E-state index in [4.69, 9.17) is 9.47 Å². The first-order valence-corrected chi connectivity index (χ1v) is 9.30. The van der Waals surface area contributed by atoms with E-state index in [-0.39, 0.29) is 6.61 Å². The number of amides is 1. The molecule has 150 valence electrons. The lowest BCUT2D eigenvalue weighted by Gasteiger charge is -2.18. The van der Waals surface area contributed by atoms with Gasteiger partial charge in [-0.25, -0.2) is 4.79 Å². The average Bonchev–Trinajstić information content (AvgIpc) is 2.71. The van der Waals surface area contributed by atoms with E-state index >= 15 is 0 Å². The Hall–Kier alpha value is -2.25. The Kier molecular flexibility index (Phi) is 11.0. The van der Waals surface area contributed by atoms with Gasteiger partial charge in [-0.2, -0.15) is 0 Å². The van der Waals surface area contributed by atoms with Crippen LogP contribution >= 0.6 is 0 Å². The summed E-state index contributed by atoms with van der Waals surface area (Å²) in [6.45, 7) is 5.72. The maximum Gasteiger partial charge on any atom is 0.376 e. The molecule has 7 heteroatoms. The topological polar surface area (TPSA) is 90.9 Å². The Morgan fingerprint density at radius 1 is 1.07 bits per heavy atom. The lowest BCUT2D eigenvalue weighted by atomic mass is 10.0. The fourth-order valence-electron chi connectivity index (χ4n) is 2.57. The van der Waals surface area contributed by atoms with Crippen molar-refractivity contribution in [3.05, 3.63) is 35.4 Å². The lowest BCUT2D eigenvalue weighted by Crippen LogP contribution is -2.44. The monoisotopic (exact) mass is 379 g/mol. The van der Waals surface area contributed by atoms with Crippen LogP contribution in [0.5, 0.6) is 0 Å². The van der Waals surface area contributed by atoms with Crippen LogP contribution in [0.3, 0.4) is 0 Å². The summed E-state index contributed by atoms with van der Waals surface area (Å²) in [6.07, 6.45) is 1.70. The fraction of sp³-hybridized carbons (Fsp3) is 0.550. The zero-order valence-corrected chi connectivity index (χ0v) is 16.3. The molecular formula is C20H29NO6. The van der Waals surface area contributed by atoms with Gasteiger partial charge in [0, 0.05) is 12.2 Å². The zero-order chi connectivity index (χ0) is 20.1. The predicted octanol–water partition coefficient (Wildman–Crippen LogP) is 2.27. The van der Waals surface area contributed by atoms with Gasteiger partial charge < -0.3 is 19.5 Å². The Morgan fingerprint density at radius 3 is 2.52 bits per heavy atom. The number of hydrogen-bond donors (Lipinski definition) is 1. The van der Waals surface area contributed by atoms with Gasteiger partial charge in [-0.1, -0.05) is 32.0 Å². The van der Waals surface area contributed by atoms with Crippen LogP contribution in [0.4, 0.5) is 0 Å². The number of ether oxygens (including phenoxy) is 3. The van der Waals surface area contributed by atoms with Crippen molar-refractivity contribution in [1.82, 2.24) is 5.32 Å². The van der Waals surface area contributed by atoms with Crippen LogP contribution in [-0.4, -0.2) is 50.6 Å². The second kappa shape index (κ2) is 13.0. The number of rotatable bonds is 2. The molecular weight excluding hydrogens is 350 g/mol. The Morgan fingerprint density at radius 2 is 1.78 bits per heavy atom. The van der Waals surface area contributed by atoms with Gasteiger partial charge in [0.1, 0.15) is 0 Å². The molecule has 0 bridgehead atoms. The van der Waals surface area contributed by atoms with E-state index < -0.39 is 23.7 Å². The number of ketones is 1. The highest BCUT2D eigenvalue weighted by atomic mass is 16.5. The minimum absolute atomic E-state index is 0.266. The molecule has 0 saturated heterocycles. The van der Waals surface area contributed by atoms with Crippen molar-refractivity contribution >= 4 is 17.7 Å². The molecule has 1 amide bonds. The molecule has 0 fully saturated rings. The summed E-state index contributed by atoms with van der Waals surface area (Å²) in [6, 6.07) is 6.08. The van der Waals surface area contributed by atoms with E-state index in [2.05, 4.69) is 10.1 Å². The van der Waals surface area contributed by atoms with Crippen LogP contribution in [0, 0.1) is 0 Å². The molecule has 2 rings (SSSR count). The first-order chi connectivity index (χ1) is 13.1. The Labute approximate surface area is 160 Å². The normalized spacial score (nSPS) is 18.6. The first kappa shape index (κ1) is 22.8. The molecule has 27 heavy (non-hydrogen) atoms.